The summed E-state index contributed by atoms with van der Waals surface area (Å²) in [5.41, 5.74) is 1.32. The number of ether oxygens (including phenoxy) is 1. The lowest BCUT2D eigenvalue weighted by atomic mass is 10.0. The Labute approximate surface area is 191 Å². The second kappa shape index (κ2) is 9.01. The van der Waals surface area contributed by atoms with Crippen LogP contribution in [0.5, 0.6) is 5.75 Å². The van der Waals surface area contributed by atoms with Gasteiger partial charge in [0.15, 0.2) is 9.84 Å². The van der Waals surface area contributed by atoms with Gasteiger partial charge in [-0.1, -0.05) is 41.4 Å². The molecular weight excluding hydrogens is 490 g/mol. The minimum Gasteiger partial charge on any atom is -0.406 e. The van der Waals surface area contributed by atoms with Crippen LogP contribution < -0.4 is 10.1 Å². The van der Waals surface area contributed by atoms with E-state index >= 15 is 0 Å². The molecule has 5 nitrogen and oxygen atoms in total. The SMILES string of the molecule is CS(=O)(=O)c1ccc(NC(=O)c2cc(-c3ccc(OC(F)(F)F)cc3)ccc2Cl)c(Cl)c1. The van der Waals surface area contributed by atoms with E-state index in [0.717, 1.165) is 18.4 Å². The maximum Gasteiger partial charge on any atom is 0.573 e. The number of hydrogen-bond donors (Lipinski definition) is 1. The molecule has 0 heterocycles. The van der Waals surface area contributed by atoms with Crippen LogP contribution in [-0.2, 0) is 9.84 Å². The summed E-state index contributed by atoms with van der Waals surface area (Å²) in [5.74, 6) is -0.983. The van der Waals surface area contributed by atoms with Gasteiger partial charge in [0.2, 0.25) is 0 Å². The number of alkyl halides is 3. The van der Waals surface area contributed by atoms with Crippen molar-refractivity contribution >= 4 is 44.6 Å². The number of sulfone groups is 1. The van der Waals surface area contributed by atoms with E-state index in [9.17, 15) is 26.4 Å². The molecule has 0 aliphatic rings. The van der Waals surface area contributed by atoms with Crippen LogP contribution in [0.15, 0.2) is 65.6 Å². The van der Waals surface area contributed by atoms with Gasteiger partial charge in [0.05, 0.1) is 26.2 Å². The maximum absolute atomic E-state index is 12.7. The van der Waals surface area contributed by atoms with Gasteiger partial charge < -0.3 is 10.1 Å². The van der Waals surface area contributed by atoms with Gasteiger partial charge in [-0.15, -0.1) is 13.2 Å². The van der Waals surface area contributed by atoms with Gasteiger partial charge in [-0.25, -0.2) is 8.42 Å². The molecule has 0 saturated heterocycles. The average molecular weight is 504 g/mol. The third kappa shape index (κ3) is 5.93. The predicted octanol–water partition coefficient (Wildman–Crippen LogP) is 6.21. The highest BCUT2D eigenvalue weighted by Gasteiger charge is 2.31. The van der Waals surface area contributed by atoms with E-state index in [-0.39, 0.29) is 31.9 Å². The van der Waals surface area contributed by atoms with Crippen molar-refractivity contribution in [3.8, 4) is 16.9 Å². The first-order valence-corrected chi connectivity index (χ1v) is 11.4. The summed E-state index contributed by atoms with van der Waals surface area (Å²) >= 11 is 12.2. The number of hydrogen-bond acceptors (Lipinski definition) is 4. The Morgan fingerprint density at radius 2 is 1.53 bits per heavy atom. The van der Waals surface area contributed by atoms with Crippen LogP contribution in [0, 0.1) is 0 Å². The largest absolute Gasteiger partial charge is 0.573 e. The van der Waals surface area contributed by atoms with Crippen LogP contribution in [0.1, 0.15) is 10.4 Å². The number of carbonyl (C=O) groups excluding carboxylic acids is 1. The Balaban J connectivity index is 1.85. The molecule has 3 aromatic carbocycles. The van der Waals surface area contributed by atoms with Crippen LogP contribution in [0.25, 0.3) is 11.1 Å². The van der Waals surface area contributed by atoms with E-state index in [4.69, 9.17) is 23.2 Å². The molecule has 0 fully saturated rings. The molecule has 0 spiro atoms. The molecule has 3 aromatic rings. The van der Waals surface area contributed by atoms with Crippen LogP contribution in [-0.4, -0.2) is 26.9 Å². The normalized spacial score (nSPS) is 11.8. The van der Waals surface area contributed by atoms with Crippen LogP contribution in [0.3, 0.4) is 0 Å². The highest BCUT2D eigenvalue weighted by Crippen LogP contribution is 2.30. The number of nitrogens with one attached hydrogen (secondary N) is 1. The Morgan fingerprint density at radius 3 is 2.09 bits per heavy atom. The molecule has 0 saturated carbocycles. The Hall–Kier alpha value is -2.75. The zero-order chi connectivity index (χ0) is 23.7. The smallest absolute Gasteiger partial charge is 0.406 e. The quantitative estimate of drug-likeness (QED) is 0.448. The zero-order valence-corrected chi connectivity index (χ0v) is 18.5. The number of halogens is 5. The number of rotatable bonds is 5. The van der Waals surface area contributed by atoms with Gasteiger partial charge >= 0.3 is 6.36 Å². The molecule has 11 heteroatoms. The van der Waals surface area contributed by atoms with Crippen LogP contribution in [0.4, 0.5) is 18.9 Å². The van der Waals surface area contributed by atoms with Gasteiger partial charge in [-0.2, -0.15) is 0 Å². The van der Waals surface area contributed by atoms with Gasteiger partial charge in [0.25, 0.3) is 5.91 Å². The molecule has 0 bridgehead atoms. The molecule has 0 radical (unpaired) electrons. The summed E-state index contributed by atoms with van der Waals surface area (Å²) in [6.07, 6.45) is -3.77. The Kier molecular flexibility index (Phi) is 6.73. The van der Waals surface area contributed by atoms with E-state index < -0.39 is 22.1 Å². The van der Waals surface area contributed by atoms with E-state index in [1.807, 2.05) is 0 Å². The van der Waals surface area contributed by atoms with Gasteiger partial charge in [-0.05, 0) is 53.6 Å². The van der Waals surface area contributed by atoms with Gasteiger partial charge in [0.1, 0.15) is 5.75 Å². The van der Waals surface area contributed by atoms with Crippen molar-refractivity contribution in [2.75, 3.05) is 11.6 Å². The molecule has 168 valence electrons. The van der Waals surface area contributed by atoms with Crippen molar-refractivity contribution in [3.05, 3.63) is 76.3 Å². The van der Waals surface area contributed by atoms with E-state index in [1.54, 1.807) is 6.07 Å². The summed E-state index contributed by atoms with van der Waals surface area (Å²) < 4.78 is 64.0. The fraction of sp³-hybridized carbons (Fsp3) is 0.0952. The Bertz CT molecular complexity index is 1280. The third-order valence-corrected chi connectivity index (χ3v) is 6.00. The summed E-state index contributed by atoms with van der Waals surface area (Å²) in [4.78, 5) is 12.7. The van der Waals surface area contributed by atoms with E-state index in [2.05, 4.69) is 10.1 Å². The molecule has 0 aliphatic carbocycles. The van der Waals surface area contributed by atoms with Crippen molar-refractivity contribution < 1.29 is 31.1 Å². The summed E-state index contributed by atoms with van der Waals surface area (Å²) in [7, 11) is -3.47. The molecule has 1 N–H and O–H groups in total. The Morgan fingerprint density at radius 1 is 0.906 bits per heavy atom. The standard InChI is InChI=1S/C21H14Cl2F3NO4S/c1-32(29,30)15-7-9-19(18(23)11-15)27-20(28)16-10-13(4-8-17(16)22)12-2-5-14(6-3-12)31-21(24,25)26/h2-11H,1H3,(H,27,28). The minimum absolute atomic E-state index is 0.00141. The minimum atomic E-state index is -4.80. The topological polar surface area (TPSA) is 72.5 Å². The first-order chi connectivity index (χ1) is 14.8. The van der Waals surface area contributed by atoms with E-state index in [1.165, 1.54) is 42.5 Å². The van der Waals surface area contributed by atoms with Crippen molar-refractivity contribution in [2.24, 2.45) is 0 Å². The van der Waals surface area contributed by atoms with Crippen molar-refractivity contribution in [2.45, 2.75) is 11.3 Å². The van der Waals surface area contributed by atoms with Crippen molar-refractivity contribution in [1.29, 1.82) is 0 Å². The number of benzene rings is 3. The highest BCUT2D eigenvalue weighted by atomic mass is 35.5. The first kappa shape index (κ1) is 23.9. The second-order valence-corrected chi connectivity index (χ2v) is 9.46. The summed E-state index contributed by atoms with van der Waals surface area (Å²) in [6.45, 7) is 0. The molecule has 3 rings (SSSR count). The van der Waals surface area contributed by atoms with Crippen LogP contribution >= 0.6 is 23.2 Å². The number of carbonyl (C=O) groups is 1. The van der Waals surface area contributed by atoms with Crippen LogP contribution in [0.2, 0.25) is 10.0 Å². The fourth-order valence-electron chi connectivity index (χ4n) is 2.75. The summed E-state index contributed by atoms with van der Waals surface area (Å²) in [6, 6.07) is 13.5. The second-order valence-electron chi connectivity index (χ2n) is 6.63. The third-order valence-electron chi connectivity index (χ3n) is 4.25. The fourth-order valence-corrected chi connectivity index (χ4v) is 3.89. The molecule has 0 aliphatic heterocycles. The first-order valence-electron chi connectivity index (χ1n) is 8.80. The van der Waals surface area contributed by atoms with Gasteiger partial charge in [-0.3, -0.25) is 4.79 Å². The monoisotopic (exact) mass is 503 g/mol. The maximum atomic E-state index is 12.7. The molecule has 0 unspecified atom stereocenters. The molecule has 0 atom stereocenters. The van der Waals surface area contributed by atoms with Gasteiger partial charge in [0, 0.05) is 6.26 Å². The lowest BCUT2D eigenvalue weighted by Gasteiger charge is -2.12. The molecular formula is C21H14Cl2F3NO4S. The van der Waals surface area contributed by atoms with E-state index in [0.29, 0.717) is 11.1 Å². The zero-order valence-electron chi connectivity index (χ0n) is 16.2. The average Bonchev–Trinajstić information content (AvgIpc) is 2.68. The number of amides is 1. The number of anilines is 1. The molecule has 32 heavy (non-hydrogen) atoms. The predicted molar refractivity (Wildman–Crippen MR) is 116 cm³/mol. The molecule has 0 aromatic heterocycles. The lowest BCUT2D eigenvalue weighted by Crippen LogP contribution is -2.16. The molecule has 1 amide bonds. The lowest BCUT2D eigenvalue weighted by molar-refractivity contribution is -0.274. The highest BCUT2D eigenvalue weighted by molar-refractivity contribution is 7.90. The van der Waals surface area contributed by atoms with Crippen molar-refractivity contribution in [3.63, 3.8) is 0 Å². The van der Waals surface area contributed by atoms with Crippen molar-refractivity contribution in [1.82, 2.24) is 0 Å². The summed E-state index contributed by atoms with van der Waals surface area (Å²) in [5, 5.41) is 2.72.